The Morgan fingerprint density at radius 2 is 1.76 bits per heavy atom. The van der Waals surface area contributed by atoms with Crippen molar-refractivity contribution in [2.45, 2.75) is 13.8 Å². The second-order valence-corrected chi connectivity index (χ2v) is 5.38. The Morgan fingerprint density at radius 1 is 1.08 bits per heavy atom. The van der Waals surface area contributed by atoms with Crippen molar-refractivity contribution < 1.29 is 14.5 Å². The molecule has 0 aliphatic carbocycles. The van der Waals surface area contributed by atoms with E-state index < -0.39 is 10.8 Å². The molecule has 128 valence electrons. The van der Waals surface area contributed by atoms with Gasteiger partial charge in [0.15, 0.2) is 0 Å². The van der Waals surface area contributed by atoms with Crippen molar-refractivity contribution in [3.05, 3.63) is 69.8 Å². The highest BCUT2D eigenvalue weighted by molar-refractivity contribution is 6.02. The summed E-state index contributed by atoms with van der Waals surface area (Å²) in [5.41, 5.74) is 2.48. The first-order chi connectivity index (χ1) is 11.8. The Bertz CT molecular complexity index is 842. The Kier molecular flexibility index (Phi) is 5.62. The molecule has 7 heteroatoms. The molecule has 7 nitrogen and oxygen atoms in total. The molecule has 0 aliphatic rings. The van der Waals surface area contributed by atoms with Gasteiger partial charge < -0.3 is 10.6 Å². The average molecular weight is 339 g/mol. The first-order valence-electron chi connectivity index (χ1n) is 7.47. The second-order valence-electron chi connectivity index (χ2n) is 5.38. The normalized spacial score (nSPS) is 10.5. The molecule has 0 atom stereocenters. The Balaban J connectivity index is 2.04. The highest BCUT2D eigenvalue weighted by atomic mass is 16.6. The number of hydrogen-bond acceptors (Lipinski definition) is 4. The fourth-order valence-corrected chi connectivity index (χ4v) is 2.09. The van der Waals surface area contributed by atoms with Crippen LogP contribution in [-0.4, -0.2) is 16.7 Å². The molecule has 25 heavy (non-hydrogen) atoms. The summed E-state index contributed by atoms with van der Waals surface area (Å²) < 4.78 is 0. The third-order valence-electron chi connectivity index (χ3n) is 3.35. The summed E-state index contributed by atoms with van der Waals surface area (Å²) in [5.74, 6) is -0.551. The molecule has 0 saturated heterocycles. The molecule has 2 N–H and O–H groups in total. The van der Waals surface area contributed by atoms with Gasteiger partial charge in [0.05, 0.1) is 10.6 Å². The van der Waals surface area contributed by atoms with Crippen LogP contribution in [-0.2, 0) is 9.59 Å². The number of nitro benzene ring substituents is 1. The van der Waals surface area contributed by atoms with E-state index in [-0.39, 0.29) is 11.6 Å². The Morgan fingerprint density at radius 3 is 2.36 bits per heavy atom. The number of non-ortho nitro benzene ring substituents is 1. The number of nitro groups is 1. The number of rotatable bonds is 5. The van der Waals surface area contributed by atoms with E-state index in [2.05, 4.69) is 10.6 Å². The zero-order valence-electron chi connectivity index (χ0n) is 13.8. The fraction of sp³-hybridized carbons (Fsp3) is 0.111. The van der Waals surface area contributed by atoms with Crippen LogP contribution in [0.25, 0.3) is 6.08 Å². The summed E-state index contributed by atoms with van der Waals surface area (Å²) in [7, 11) is 0. The minimum absolute atomic E-state index is 0.0848. The lowest BCUT2D eigenvalue weighted by Gasteiger charge is -2.06. The van der Waals surface area contributed by atoms with Gasteiger partial charge in [0, 0.05) is 30.8 Å². The Hall–Kier alpha value is -3.48. The molecule has 0 aromatic heterocycles. The molecule has 0 spiro atoms. The predicted molar refractivity (Wildman–Crippen MR) is 96.2 cm³/mol. The van der Waals surface area contributed by atoms with Gasteiger partial charge in [-0.3, -0.25) is 19.7 Å². The quantitative estimate of drug-likeness (QED) is 0.494. The molecular weight excluding hydrogens is 322 g/mol. The molecule has 2 aromatic rings. The topological polar surface area (TPSA) is 101 Å². The lowest BCUT2D eigenvalue weighted by atomic mass is 10.1. The number of nitrogens with zero attached hydrogens (tertiary/aromatic N) is 1. The van der Waals surface area contributed by atoms with Gasteiger partial charge in [-0.1, -0.05) is 18.2 Å². The molecule has 0 bridgehead atoms. The van der Waals surface area contributed by atoms with Crippen LogP contribution >= 0.6 is 0 Å². The van der Waals surface area contributed by atoms with E-state index in [1.807, 2.05) is 0 Å². The zero-order valence-corrected chi connectivity index (χ0v) is 13.8. The summed E-state index contributed by atoms with van der Waals surface area (Å²) >= 11 is 0. The van der Waals surface area contributed by atoms with Gasteiger partial charge in [0.25, 0.3) is 5.69 Å². The number of carbonyl (C=O) groups is 2. The van der Waals surface area contributed by atoms with E-state index in [1.165, 1.54) is 25.1 Å². The number of benzene rings is 2. The standard InChI is InChI=1S/C18H17N3O4/c1-12-3-9-16(21(24)25)11-17(12)20-18(23)10-6-14-4-7-15(8-5-14)19-13(2)22/h3-11H,1-2H3,(H,19,22)(H,20,23)/b10-6+. The fourth-order valence-electron chi connectivity index (χ4n) is 2.09. The van der Waals surface area contributed by atoms with Gasteiger partial charge in [-0.25, -0.2) is 0 Å². The van der Waals surface area contributed by atoms with Crippen molar-refractivity contribution in [1.82, 2.24) is 0 Å². The molecule has 0 unspecified atom stereocenters. The number of aryl methyl sites for hydroxylation is 1. The second kappa shape index (κ2) is 7.87. The van der Waals surface area contributed by atoms with Crippen molar-refractivity contribution in [3.63, 3.8) is 0 Å². The van der Waals surface area contributed by atoms with Crippen LogP contribution in [0.15, 0.2) is 48.5 Å². The Labute approximate surface area is 144 Å². The van der Waals surface area contributed by atoms with Gasteiger partial charge in [0.1, 0.15) is 0 Å². The number of amides is 2. The number of anilines is 2. The summed E-state index contributed by atoms with van der Waals surface area (Å²) in [4.78, 5) is 33.3. The third kappa shape index (κ3) is 5.28. The molecule has 2 aromatic carbocycles. The van der Waals surface area contributed by atoms with Gasteiger partial charge in [-0.2, -0.15) is 0 Å². The van der Waals surface area contributed by atoms with Gasteiger partial charge >= 0.3 is 0 Å². The van der Waals surface area contributed by atoms with Crippen molar-refractivity contribution in [1.29, 1.82) is 0 Å². The molecule has 0 fully saturated rings. The van der Waals surface area contributed by atoms with Crippen LogP contribution in [0, 0.1) is 17.0 Å². The van der Waals surface area contributed by atoms with E-state index >= 15 is 0 Å². The first kappa shape index (κ1) is 17.9. The van der Waals surface area contributed by atoms with E-state index in [4.69, 9.17) is 0 Å². The smallest absolute Gasteiger partial charge is 0.271 e. The van der Waals surface area contributed by atoms with Gasteiger partial charge in [0.2, 0.25) is 11.8 Å². The van der Waals surface area contributed by atoms with Gasteiger partial charge in [-0.05, 0) is 36.3 Å². The van der Waals surface area contributed by atoms with Crippen LogP contribution < -0.4 is 10.6 Å². The minimum atomic E-state index is -0.512. The summed E-state index contributed by atoms with van der Waals surface area (Å²) in [6.45, 7) is 3.18. The lowest BCUT2D eigenvalue weighted by Crippen LogP contribution is -2.09. The molecule has 0 radical (unpaired) electrons. The monoisotopic (exact) mass is 339 g/mol. The maximum Gasteiger partial charge on any atom is 0.271 e. The molecule has 2 amide bonds. The van der Waals surface area contributed by atoms with Crippen molar-refractivity contribution in [3.8, 4) is 0 Å². The predicted octanol–water partition coefficient (Wildman–Crippen LogP) is 3.51. The van der Waals surface area contributed by atoms with Crippen molar-refractivity contribution >= 4 is 35.0 Å². The first-order valence-corrected chi connectivity index (χ1v) is 7.47. The third-order valence-corrected chi connectivity index (χ3v) is 3.35. The minimum Gasteiger partial charge on any atom is -0.326 e. The molecule has 2 rings (SSSR count). The molecule has 0 heterocycles. The summed E-state index contributed by atoms with van der Waals surface area (Å²) in [5, 5.41) is 16.1. The van der Waals surface area contributed by atoms with Crippen LogP contribution in [0.3, 0.4) is 0 Å². The van der Waals surface area contributed by atoms with Crippen LogP contribution in [0.4, 0.5) is 17.1 Å². The van der Waals surface area contributed by atoms with E-state index in [1.54, 1.807) is 43.3 Å². The van der Waals surface area contributed by atoms with E-state index in [0.29, 0.717) is 11.4 Å². The maximum absolute atomic E-state index is 12.0. The van der Waals surface area contributed by atoms with Gasteiger partial charge in [-0.15, -0.1) is 0 Å². The van der Waals surface area contributed by atoms with E-state index in [0.717, 1.165) is 11.1 Å². The highest BCUT2D eigenvalue weighted by Crippen LogP contribution is 2.21. The summed E-state index contributed by atoms with van der Waals surface area (Å²) in [6.07, 6.45) is 2.95. The largest absolute Gasteiger partial charge is 0.326 e. The SMILES string of the molecule is CC(=O)Nc1ccc(/C=C/C(=O)Nc2cc([N+](=O)[O-])ccc2C)cc1. The van der Waals surface area contributed by atoms with E-state index in [9.17, 15) is 19.7 Å². The van der Waals surface area contributed by atoms with Crippen molar-refractivity contribution in [2.75, 3.05) is 10.6 Å². The average Bonchev–Trinajstić information content (AvgIpc) is 2.55. The van der Waals surface area contributed by atoms with Crippen LogP contribution in [0.5, 0.6) is 0 Å². The molecular formula is C18H17N3O4. The molecule has 0 aliphatic heterocycles. The number of hydrogen-bond donors (Lipinski definition) is 2. The van der Waals surface area contributed by atoms with Crippen molar-refractivity contribution in [2.24, 2.45) is 0 Å². The maximum atomic E-state index is 12.0. The van der Waals surface area contributed by atoms with Crippen LogP contribution in [0.1, 0.15) is 18.1 Å². The lowest BCUT2D eigenvalue weighted by molar-refractivity contribution is -0.384. The molecule has 0 saturated carbocycles. The highest BCUT2D eigenvalue weighted by Gasteiger charge is 2.09. The summed E-state index contributed by atoms with van der Waals surface area (Å²) in [6, 6.07) is 11.3. The number of carbonyl (C=O) groups excluding carboxylic acids is 2. The zero-order chi connectivity index (χ0) is 18.4. The number of nitrogens with one attached hydrogen (secondary N) is 2. The van der Waals surface area contributed by atoms with Crippen LogP contribution in [0.2, 0.25) is 0 Å².